The molecule has 2 aromatic rings. The lowest BCUT2D eigenvalue weighted by atomic mass is 9.61. The number of halogens is 2. The van der Waals surface area contributed by atoms with Gasteiger partial charge in [-0.25, -0.2) is 8.78 Å². The summed E-state index contributed by atoms with van der Waals surface area (Å²) in [4.78, 5) is 25.0. The van der Waals surface area contributed by atoms with E-state index >= 15 is 8.78 Å². The van der Waals surface area contributed by atoms with Gasteiger partial charge in [-0.3, -0.25) is 9.59 Å². The maximum Gasteiger partial charge on any atom is 0.313 e. The second kappa shape index (κ2) is 11.5. The van der Waals surface area contributed by atoms with Crippen LogP contribution in [0.3, 0.4) is 0 Å². The molecule has 1 amide bonds. The molecule has 232 valence electrons. The van der Waals surface area contributed by atoms with Gasteiger partial charge in [0.25, 0.3) is 5.91 Å². The Morgan fingerprint density at radius 3 is 2.53 bits per heavy atom. The number of carboxylic acids is 1. The Morgan fingerprint density at radius 1 is 1.07 bits per heavy atom. The van der Waals surface area contributed by atoms with Crippen molar-refractivity contribution < 1.29 is 28.2 Å². The van der Waals surface area contributed by atoms with Crippen LogP contribution in [0, 0.1) is 17.2 Å². The average Bonchev–Trinajstić information content (AvgIpc) is 3.38. The van der Waals surface area contributed by atoms with Crippen molar-refractivity contribution in [3.8, 4) is 16.9 Å². The third kappa shape index (κ3) is 5.79. The molecule has 43 heavy (non-hydrogen) atoms. The molecule has 1 aliphatic heterocycles. The number of hydrogen-bond acceptors (Lipinski definition) is 4. The van der Waals surface area contributed by atoms with Gasteiger partial charge in [0.2, 0.25) is 5.67 Å². The summed E-state index contributed by atoms with van der Waals surface area (Å²) >= 11 is 0. The van der Waals surface area contributed by atoms with Gasteiger partial charge in [0.05, 0.1) is 11.5 Å². The Labute approximate surface area is 253 Å². The zero-order valence-electron chi connectivity index (χ0n) is 25.3. The van der Waals surface area contributed by atoms with Gasteiger partial charge in [0, 0.05) is 25.2 Å². The zero-order valence-corrected chi connectivity index (χ0v) is 25.3. The van der Waals surface area contributed by atoms with Gasteiger partial charge >= 0.3 is 5.97 Å². The van der Waals surface area contributed by atoms with Crippen molar-refractivity contribution in [2.75, 3.05) is 19.6 Å². The zero-order chi connectivity index (χ0) is 30.4. The Bertz CT molecular complexity index is 1390. The van der Waals surface area contributed by atoms with Crippen LogP contribution in [0.2, 0.25) is 0 Å². The van der Waals surface area contributed by atoms with Gasteiger partial charge in [-0.05, 0) is 117 Å². The molecule has 3 aliphatic carbocycles. The summed E-state index contributed by atoms with van der Waals surface area (Å²) in [5.74, 6) is -0.781. The van der Waals surface area contributed by atoms with E-state index in [-0.39, 0.29) is 35.7 Å². The summed E-state index contributed by atoms with van der Waals surface area (Å²) in [7, 11) is 0. The molecule has 3 atom stereocenters. The fraction of sp³-hybridized carbons (Fsp3) is 0.600. The summed E-state index contributed by atoms with van der Waals surface area (Å²) in [6.45, 7) is 4.60. The first-order valence-corrected chi connectivity index (χ1v) is 16.0. The van der Waals surface area contributed by atoms with Crippen LogP contribution in [0.5, 0.6) is 5.75 Å². The Morgan fingerprint density at radius 2 is 1.86 bits per heavy atom. The molecule has 4 aliphatic rings. The predicted molar refractivity (Wildman–Crippen MR) is 161 cm³/mol. The molecule has 1 saturated heterocycles. The highest BCUT2D eigenvalue weighted by Crippen LogP contribution is 2.49. The van der Waals surface area contributed by atoms with E-state index in [2.05, 4.69) is 10.6 Å². The third-order valence-electron chi connectivity index (χ3n) is 10.8. The number of amides is 1. The van der Waals surface area contributed by atoms with Crippen molar-refractivity contribution in [3.63, 3.8) is 0 Å². The maximum atomic E-state index is 15.7. The molecule has 0 bridgehead atoms. The van der Waals surface area contributed by atoms with E-state index in [0.29, 0.717) is 41.8 Å². The van der Waals surface area contributed by atoms with E-state index in [1.54, 1.807) is 26.0 Å². The monoisotopic (exact) mass is 594 g/mol. The molecule has 1 unspecified atom stereocenters. The maximum absolute atomic E-state index is 15.7. The van der Waals surface area contributed by atoms with E-state index in [0.717, 1.165) is 63.5 Å². The summed E-state index contributed by atoms with van der Waals surface area (Å²) < 4.78 is 37.5. The van der Waals surface area contributed by atoms with Gasteiger partial charge in [-0.2, -0.15) is 0 Å². The minimum atomic E-state index is -1.86. The Kier molecular flexibility index (Phi) is 8.03. The number of carboxylic acid groups (broad SMARTS) is 1. The van der Waals surface area contributed by atoms with Crippen molar-refractivity contribution in [1.82, 2.24) is 10.6 Å². The molecular formula is C35H44F2N2O4. The number of hydrogen-bond donors (Lipinski definition) is 3. The number of piperidine rings is 1. The van der Waals surface area contributed by atoms with Crippen LogP contribution in [-0.2, 0) is 15.0 Å². The number of aliphatic carboxylic acids is 1. The van der Waals surface area contributed by atoms with Crippen LogP contribution in [0.25, 0.3) is 11.1 Å². The molecule has 0 aromatic heterocycles. The number of nitrogens with one attached hydrogen (secondary N) is 2. The molecule has 3 N–H and O–H groups in total. The first-order valence-electron chi connectivity index (χ1n) is 16.0. The lowest BCUT2D eigenvalue weighted by Gasteiger charge is -2.49. The van der Waals surface area contributed by atoms with E-state index in [9.17, 15) is 14.7 Å². The highest BCUT2D eigenvalue weighted by Gasteiger charge is 2.52. The van der Waals surface area contributed by atoms with Gasteiger partial charge in [0.15, 0.2) is 0 Å². The standard InChI is InChI=1S/C35H44F2N2O4/c1-33(2,32(41)42)24-11-13-29(27(17-24)26-8-4-9-28(36)30(26)23-6-3-7-23)43-25-12-10-22(16-25)18-39-31(40)35(37)19-34(14-5-15-34)20-38-21-35/h4,8-9,11,13,17,22-23,25,38H,3,5-7,10,12,14-16,18-21H2,1-2H3,(H,39,40)(H,41,42)/t22?,25-,35-/m1/s1. The number of ether oxygens (including phenoxy) is 1. The molecule has 6 nitrogen and oxygen atoms in total. The molecular weight excluding hydrogens is 550 g/mol. The minimum absolute atomic E-state index is 0.0657. The second-order valence-electron chi connectivity index (χ2n) is 14.2. The van der Waals surface area contributed by atoms with Crippen LogP contribution in [0.15, 0.2) is 36.4 Å². The third-order valence-corrected chi connectivity index (χ3v) is 10.8. The van der Waals surface area contributed by atoms with E-state index in [1.807, 2.05) is 18.2 Å². The lowest BCUT2D eigenvalue weighted by Crippen LogP contribution is -2.61. The highest BCUT2D eigenvalue weighted by molar-refractivity contribution is 5.86. The summed E-state index contributed by atoms with van der Waals surface area (Å²) in [6, 6.07) is 10.6. The Balaban J connectivity index is 1.17. The number of rotatable bonds is 9. The van der Waals surface area contributed by atoms with Crippen LogP contribution >= 0.6 is 0 Å². The van der Waals surface area contributed by atoms with Gasteiger partial charge in [-0.15, -0.1) is 0 Å². The summed E-state index contributed by atoms with van der Waals surface area (Å²) in [5, 5.41) is 16.0. The van der Waals surface area contributed by atoms with Gasteiger partial charge in [0.1, 0.15) is 11.6 Å². The van der Waals surface area contributed by atoms with Crippen LogP contribution < -0.4 is 15.4 Å². The number of alkyl halides is 1. The molecule has 1 heterocycles. The molecule has 2 aromatic carbocycles. The minimum Gasteiger partial charge on any atom is -0.490 e. The van der Waals surface area contributed by atoms with Crippen molar-refractivity contribution >= 4 is 11.9 Å². The molecule has 1 spiro atoms. The first-order chi connectivity index (χ1) is 20.5. The van der Waals surface area contributed by atoms with Crippen LogP contribution in [-0.4, -0.2) is 48.4 Å². The smallest absolute Gasteiger partial charge is 0.313 e. The van der Waals surface area contributed by atoms with E-state index in [1.165, 1.54) is 6.07 Å². The van der Waals surface area contributed by atoms with Crippen LogP contribution in [0.1, 0.15) is 95.1 Å². The van der Waals surface area contributed by atoms with E-state index in [4.69, 9.17) is 4.74 Å². The van der Waals surface area contributed by atoms with Crippen molar-refractivity contribution in [3.05, 3.63) is 53.3 Å². The average molecular weight is 595 g/mol. The molecule has 6 rings (SSSR count). The van der Waals surface area contributed by atoms with Crippen molar-refractivity contribution in [2.45, 2.75) is 101 Å². The predicted octanol–water partition coefficient (Wildman–Crippen LogP) is 6.66. The molecule has 8 heteroatoms. The lowest BCUT2D eigenvalue weighted by molar-refractivity contribution is -0.142. The number of benzene rings is 2. The fourth-order valence-electron chi connectivity index (χ4n) is 7.57. The van der Waals surface area contributed by atoms with Crippen molar-refractivity contribution in [1.29, 1.82) is 0 Å². The fourth-order valence-corrected chi connectivity index (χ4v) is 7.57. The summed E-state index contributed by atoms with van der Waals surface area (Å²) in [6.07, 6.45) is 8.51. The molecule has 4 fully saturated rings. The second-order valence-corrected chi connectivity index (χ2v) is 14.2. The topological polar surface area (TPSA) is 87.7 Å². The van der Waals surface area contributed by atoms with Crippen molar-refractivity contribution in [2.24, 2.45) is 11.3 Å². The quantitative estimate of drug-likeness (QED) is 0.302. The largest absolute Gasteiger partial charge is 0.490 e. The first kappa shape index (κ1) is 30.0. The Hall–Kier alpha value is -3.00. The van der Waals surface area contributed by atoms with Crippen LogP contribution in [0.4, 0.5) is 8.78 Å². The molecule has 3 saturated carbocycles. The highest BCUT2D eigenvalue weighted by atomic mass is 19.1. The number of carbonyl (C=O) groups is 2. The molecule has 0 radical (unpaired) electrons. The summed E-state index contributed by atoms with van der Waals surface area (Å²) in [5.41, 5.74) is -0.299. The number of carbonyl (C=O) groups excluding carboxylic acids is 1. The SMILES string of the molecule is CC(C)(C(=O)O)c1ccc(O[C@@H]2CCC(CNC(=O)[C@]3(F)CNCC4(CCC4)C3)C2)c(-c2cccc(F)c2C2CCC2)c1. The van der Waals surface area contributed by atoms with Gasteiger partial charge < -0.3 is 20.5 Å². The van der Waals surface area contributed by atoms with E-state index < -0.39 is 23.0 Å². The normalized spacial score (nSPS) is 26.9. The van der Waals surface area contributed by atoms with Gasteiger partial charge in [-0.1, -0.05) is 31.0 Å².